The van der Waals surface area contributed by atoms with Crippen molar-refractivity contribution in [2.75, 3.05) is 13.1 Å². The molecule has 2 nitrogen and oxygen atoms in total. The largest absolute Gasteiger partial charge is 0.299 e. The van der Waals surface area contributed by atoms with E-state index >= 15 is 0 Å². The monoisotopic (exact) mass is 234 g/mol. The minimum atomic E-state index is 0.294. The van der Waals surface area contributed by atoms with E-state index in [2.05, 4.69) is 17.9 Å². The first-order valence-corrected chi connectivity index (χ1v) is 7.48. The maximum Gasteiger partial charge on any atom is 0.0672 e. The Balaban J connectivity index is 1.98. The van der Waals surface area contributed by atoms with Crippen molar-refractivity contribution in [1.82, 2.24) is 4.90 Å². The lowest BCUT2D eigenvalue weighted by Crippen LogP contribution is -2.41. The maximum atomic E-state index is 9.38. The summed E-state index contributed by atoms with van der Waals surface area (Å²) >= 11 is 0. The van der Waals surface area contributed by atoms with E-state index in [9.17, 15) is 5.26 Å². The zero-order valence-electron chi connectivity index (χ0n) is 11.2. The molecule has 96 valence electrons. The molecule has 17 heavy (non-hydrogen) atoms. The van der Waals surface area contributed by atoms with E-state index < -0.39 is 0 Å². The number of hydrogen-bond donors (Lipinski definition) is 0. The van der Waals surface area contributed by atoms with E-state index in [-0.39, 0.29) is 0 Å². The molecule has 0 bridgehead atoms. The smallest absolute Gasteiger partial charge is 0.0672 e. The van der Waals surface area contributed by atoms with Gasteiger partial charge in [0.05, 0.1) is 12.0 Å². The van der Waals surface area contributed by atoms with Crippen LogP contribution in [0.1, 0.15) is 58.3 Å². The first-order chi connectivity index (χ1) is 8.35. The first kappa shape index (κ1) is 12.9. The van der Waals surface area contributed by atoms with Gasteiger partial charge in [0, 0.05) is 12.6 Å². The molecule has 0 heterocycles. The molecular weight excluding hydrogens is 208 g/mol. The fourth-order valence-corrected chi connectivity index (χ4v) is 3.19. The lowest BCUT2D eigenvalue weighted by Gasteiger charge is -2.33. The highest BCUT2D eigenvalue weighted by Gasteiger charge is 2.32. The van der Waals surface area contributed by atoms with Gasteiger partial charge in [-0.2, -0.15) is 5.26 Å². The molecule has 0 spiro atoms. The van der Waals surface area contributed by atoms with Crippen molar-refractivity contribution in [3.05, 3.63) is 0 Å². The predicted molar refractivity (Wildman–Crippen MR) is 70.6 cm³/mol. The molecule has 2 aliphatic carbocycles. The third kappa shape index (κ3) is 3.71. The highest BCUT2D eigenvalue weighted by molar-refractivity contribution is 4.95. The third-order valence-corrected chi connectivity index (χ3v) is 4.31. The average molecular weight is 234 g/mol. The predicted octanol–water partition coefficient (Wildman–Crippen LogP) is 3.58. The lowest BCUT2D eigenvalue weighted by molar-refractivity contribution is 0.147. The van der Waals surface area contributed by atoms with Crippen LogP contribution in [0.4, 0.5) is 0 Å². The van der Waals surface area contributed by atoms with Crippen LogP contribution in [0.15, 0.2) is 0 Å². The van der Waals surface area contributed by atoms with E-state index in [1.165, 1.54) is 58.0 Å². The van der Waals surface area contributed by atoms with E-state index in [4.69, 9.17) is 0 Å². The van der Waals surface area contributed by atoms with E-state index in [1.54, 1.807) is 0 Å². The zero-order valence-corrected chi connectivity index (χ0v) is 11.2. The Morgan fingerprint density at radius 2 is 1.88 bits per heavy atom. The van der Waals surface area contributed by atoms with Gasteiger partial charge in [-0.1, -0.05) is 26.2 Å². The highest BCUT2D eigenvalue weighted by Crippen LogP contribution is 2.33. The van der Waals surface area contributed by atoms with Crippen LogP contribution in [0, 0.1) is 23.2 Å². The second-order valence-corrected chi connectivity index (χ2v) is 5.88. The van der Waals surface area contributed by atoms with Crippen LogP contribution in [0.5, 0.6) is 0 Å². The number of nitrogens with zero attached hydrogens (tertiary/aromatic N) is 2. The van der Waals surface area contributed by atoms with Gasteiger partial charge in [-0.3, -0.25) is 4.90 Å². The average Bonchev–Trinajstić information content (AvgIpc) is 3.14. The Hall–Kier alpha value is -0.550. The molecule has 2 fully saturated rings. The van der Waals surface area contributed by atoms with Gasteiger partial charge in [-0.25, -0.2) is 0 Å². The number of rotatable bonds is 5. The van der Waals surface area contributed by atoms with E-state index in [0.717, 1.165) is 12.3 Å². The summed E-state index contributed by atoms with van der Waals surface area (Å²) in [5.41, 5.74) is 0. The molecule has 0 aliphatic heterocycles. The van der Waals surface area contributed by atoms with Gasteiger partial charge < -0.3 is 0 Å². The third-order valence-electron chi connectivity index (χ3n) is 4.31. The summed E-state index contributed by atoms with van der Waals surface area (Å²) in [6, 6.07) is 3.14. The van der Waals surface area contributed by atoms with Crippen molar-refractivity contribution >= 4 is 0 Å². The van der Waals surface area contributed by atoms with Gasteiger partial charge in [-0.05, 0) is 44.6 Å². The van der Waals surface area contributed by atoms with Gasteiger partial charge >= 0.3 is 0 Å². The van der Waals surface area contributed by atoms with E-state index in [1.807, 2.05) is 0 Å². The summed E-state index contributed by atoms with van der Waals surface area (Å²) in [6.45, 7) is 4.72. The summed E-state index contributed by atoms with van der Waals surface area (Å²) in [6.07, 6.45) is 10.4. The lowest BCUT2D eigenvalue weighted by atomic mass is 9.94. The minimum Gasteiger partial charge on any atom is -0.299 e. The zero-order chi connectivity index (χ0) is 12.1. The van der Waals surface area contributed by atoms with Crippen LogP contribution in [-0.2, 0) is 0 Å². The van der Waals surface area contributed by atoms with Crippen molar-refractivity contribution in [2.45, 2.75) is 64.3 Å². The van der Waals surface area contributed by atoms with Crippen LogP contribution >= 0.6 is 0 Å². The first-order valence-electron chi connectivity index (χ1n) is 7.48. The Kier molecular flexibility index (Phi) is 4.86. The van der Waals surface area contributed by atoms with Crippen molar-refractivity contribution in [3.8, 4) is 6.07 Å². The Morgan fingerprint density at radius 1 is 1.12 bits per heavy atom. The van der Waals surface area contributed by atoms with Crippen LogP contribution in [0.2, 0.25) is 0 Å². The molecule has 2 atom stereocenters. The normalized spacial score (nSPS) is 29.9. The second-order valence-electron chi connectivity index (χ2n) is 5.88. The summed E-state index contributed by atoms with van der Waals surface area (Å²) in [5, 5.41) is 9.38. The van der Waals surface area contributed by atoms with E-state index in [0.29, 0.717) is 12.0 Å². The van der Waals surface area contributed by atoms with Crippen LogP contribution in [0.25, 0.3) is 0 Å². The van der Waals surface area contributed by atoms with Gasteiger partial charge in [0.15, 0.2) is 0 Å². The van der Waals surface area contributed by atoms with Gasteiger partial charge in [0.1, 0.15) is 0 Å². The molecule has 2 aliphatic rings. The molecule has 2 saturated carbocycles. The van der Waals surface area contributed by atoms with Crippen molar-refractivity contribution in [2.24, 2.45) is 11.8 Å². The van der Waals surface area contributed by atoms with Crippen LogP contribution < -0.4 is 0 Å². The SMILES string of the molecule is CCCN(CC1CC1)C1CCCCCC1C#N. The standard InChI is InChI=1S/C15H26N2/c1-2-10-17(12-13-8-9-13)15-7-5-3-4-6-14(15)11-16/h13-15H,2-10,12H2,1H3. The van der Waals surface area contributed by atoms with Gasteiger partial charge in [0.2, 0.25) is 0 Å². The molecule has 0 aromatic rings. The Bertz CT molecular complexity index is 265. The molecule has 2 rings (SSSR count). The molecule has 0 saturated heterocycles. The molecule has 0 aromatic heterocycles. The second kappa shape index (κ2) is 6.40. The summed E-state index contributed by atoms with van der Waals surface area (Å²) in [4.78, 5) is 2.65. The van der Waals surface area contributed by atoms with Crippen molar-refractivity contribution in [1.29, 1.82) is 5.26 Å². The summed E-state index contributed by atoms with van der Waals surface area (Å²) in [5.74, 6) is 1.24. The topological polar surface area (TPSA) is 27.0 Å². The molecule has 0 amide bonds. The molecule has 2 heteroatoms. The van der Waals surface area contributed by atoms with Gasteiger partial charge in [-0.15, -0.1) is 0 Å². The van der Waals surface area contributed by atoms with Crippen molar-refractivity contribution in [3.63, 3.8) is 0 Å². The fraction of sp³-hybridized carbons (Fsp3) is 0.933. The van der Waals surface area contributed by atoms with Crippen LogP contribution in [-0.4, -0.2) is 24.0 Å². The molecule has 0 N–H and O–H groups in total. The Morgan fingerprint density at radius 3 is 2.53 bits per heavy atom. The molecular formula is C15H26N2. The minimum absolute atomic E-state index is 0.294. The maximum absolute atomic E-state index is 9.38. The number of nitriles is 1. The molecule has 0 radical (unpaired) electrons. The van der Waals surface area contributed by atoms with Gasteiger partial charge in [0.25, 0.3) is 0 Å². The number of hydrogen-bond acceptors (Lipinski definition) is 2. The molecule has 0 aromatic carbocycles. The molecule has 2 unspecified atom stereocenters. The summed E-state index contributed by atoms with van der Waals surface area (Å²) < 4.78 is 0. The summed E-state index contributed by atoms with van der Waals surface area (Å²) in [7, 11) is 0. The van der Waals surface area contributed by atoms with Crippen LogP contribution in [0.3, 0.4) is 0 Å². The quantitative estimate of drug-likeness (QED) is 0.680. The van der Waals surface area contributed by atoms with Crippen molar-refractivity contribution < 1.29 is 0 Å². The Labute approximate surface area is 106 Å². The fourth-order valence-electron chi connectivity index (χ4n) is 3.19. The highest BCUT2D eigenvalue weighted by atomic mass is 15.2.